The molecule has 1 amide bonds. The molecule has 0 aromatic heterocycles. The number of halogens is 1. The van der Waals surface area contributed by atoms with Crippen molar-refractivity contribution in [1.82, 2.24) is 10.6 Å². The van der Waals surface area contributed by atoms with E-state index in [0.717, 1.165) is 19.4 Å². The first-order valence-corrected chi connectivity index (χ1v) is 3.83. The monoisotopic (exact) mass is 176 g/mol. The van der Waals surface area contributed by atoms with Gasteiger partial charge < -0.3 is 10.6 Å². The second-order valence-corrected chi connectivity index (χ2v) is 3.29. The van der Waals surface area contributed by atoms with Gasteiger partial charge in [-0.05, 0) is 19.3 Å². The molecule has 2 aliphatic rings. The molecule has 1 spiro atoms. The van der Waals surface area contributed by atoms with Gasteiger partial charge in [-0.2, -0.15) is 0 Å². The van der Waals surface area contributed by atoms with E-state index in [9.17, 15) is 4.79 Å². The molecular formula is C7H13ClN2O. The maximum atomic E-state index is 10.9. The Kier molecular flexibility index (Phi) is 2.40. The molecule has 1 aliphatic carbocycles. The van der Waals surface area contributed by atoms with Crippen molar-refractivity contribution in [3.63, 3.8) is 0 Å². The first kappa shape index (κ1) is 8.81. The Morgan fingerprint density at radius 2 is 2.09 bits per heavy atom. The summed E-state index contributed by atoms with van der Waals surface area (Å²) in [4.78, 5) is 10.9. The van der Waals surface area contributed by atoms with Crippen LogP contribution >= 0.6 is 12.4 Å². The minimum absolute atomic E-state index is 0. The number of hydrogen-bond acceptors (Lipinski definition) is 2. The van der Waals surface area contributed by atoms with Crippen LogP contribution in [0.25, 0.3) is 0 Å². The molecule has 4 heteroatoms. The predicted octanol–water partition coefficient (Wildman–Crippen LogP) is 0.0503. The van der Waals surface area contributed by atoms with Crippen LogP contribution in [0, 0.1) is 0 Å². The summed E-state index contributed by atoms with van der Waals surface area (Å²) in [7, 11) is 0. The Morgan fingerprint density at radius 3 is 2.45 bits per heavy atom. The standard InChI is InChI=1S/C7H12N2O.ClH/c10-6-4-8-5-7(9-6)2-1-3-7;/h8H,1-5H2,(H,9,10);1H. The van der Waals surface area contributed by atoms with Crippen molar-refractivity contribution in [1.29, 1.82) is 0 Å². The predicted molar refractivity (Wildman–Crippen MR) is 44.8 cm³/mol. The van der Waals surface area contributed by atoms with Gasteiger partial charge in [0.25, 0.3) is 0 Å². The summed E-state index contributed by atoms with van der Waals surface area (Å²) in [5.41, 5.74) is 0.162. The van der Waals surface area contributed by atoms with Crippen LogP contribution in [-0.4, -0.2) is 24.5 Å². The zero-order valence-corrected chi connectivity index (χ0v) is 7.17. The summed E-state index contributed by atoms with van der Waals surface area (Å²) in [6, 6.07) is 0. The highest BCUT2D eigenvalue weighted by molar-refractivity contribution is 5.85. The van der Waals surface area contributed by atoms with Gasteiger partial charge in [-0.3, -0.25) is 4.79 Å². The summed E-state index contributed by atoms with van der Waals surface area (Å²) in [5, 5.41) is 6.14. The molecule has 0 bridgehead atoms. The van der Waals surface area contributed by atoms with Crippen molar-refractivity contribution in [2.45, 2.75) is 24.8 Å². The van der Waals surface area contributed by atoms with E-state index >= 15 is 0 Å². The fourth-order valence-electron chi connectivity index (χ4n) is 1.70. The van der Waals surface area contributed by atoms with Crippen LogP contribution in [0.5, 0.6) is 0 Å². The first-order chi connectivity index (χ1) is 4.81. The first-order valence-electron chi connectivity index (χ1n) is 3.83. The zero-order valence-electron chi connectivity index (χ0n) is 6.35. The maximum Gasteiger partial charge on any atom is 0.234 e. The molecule has 0 atom stereocenters. The van der Waals surface area contributed by atoms with Crippen molar-refractivity contribution < 1.29 is 4.79 Å². The number of carbonyl (C=O) groups is 1. The SMILES string of the molecule is Cl.O=C1CNCC2(CCC2)N1. The van der Waals surface area contributed by atoms with E-state index < -0.39 is 0 Å². The van der Waals surface area contributed by atoms with E-state index in [1.54, 1.807) is 0 Å². The van der Waals surface area contributed by atoms with Gasteiger partial charge in [0.1, 0.15) is 0 Å². The van der Waals surface area contributed by atoms with Gasteiger partial charge in [0, 0.05) is 6.54 Å². The van der Waals surface area contributed by atoms with Gasteiger partial charge >= 0.3 is 0 Å². The quantitative estimate of drug-likeness (QED) is 0.548. The van der Waals surface area contributed by atoms with Crippen molar-refractivity contribution in [3.05, 3.63) is 0 Å². The van der Waals surface area contributed by atoms with Gasteiger partial charge in [-0.15, -0.1) is 12.4 Å². The van der Waals surface area contributed by atoms with Crippen molar-refractivity contribution in [2.24, 2.45) is 0 Å². The van der Waals surface area contributed by atoms with Crippen LogP contribution in [0.15, 0.2) is 0 Å². The van der Waals surface area contributed by atoms with Gasteiger partial charge in [0.15, 0.2) is 0 Å². The molecular weight excluding hydrogens is 164 g/mol. The van der Waals surface area contributed by atoms with Crippen molar-refractivity contribution in [3.8, 4) is 0 Å². The molecule has 2 rings (SSSR count). The maximum absolute atomic E-state index is 10.9. The molecule has 11 heavy (non-hydrogen) atoms. The molecule has 3 nitrogen and oxygen atoms in total. The molecule has 64 valence electrons. The molecule has 0 aromatic carbocycles. The van der Waals surface area contributed by atoms with Crippen LogP contribution in [-0.2, 0) is 4.79 Å². The molecule has 1 saturated heterocycles. The normalized spacial score (nSPS) is 26.7. The Hall–Kier alpha value is -0.280. The van der Waals surface area contributed by atoms with Crippen LogP contribution < -0.4 is 10.6 Å². The summed E-state index contributed by atoms with van der Waals surface area (Å²) < 4.78 is 0. The van der Waals surface area contributed by atoms with E-state index in [4.69, 9.17) is 0 Å². The number of piperazine rings is 1. The lowest BCUT2D eigenvalue weighted by Gasteiger charge is -2.45. The minimum atomic E-state index is 0. The van der Waals surface area contributed by atoms with E-state index in [1.807, 2.05) is 0 Å². The van der Waals surface area contributed by atoms with Gasteiger partial charge in [0.05, 0.1) is 12.1 Å². The summed E-state index contributed by atoms with van der Waals surface area (Å²) in [5.74, 6) is 0.158. The Balaban J connectivity index is 0.000000605. The molecule has 2 fully saturated rings. The van der Waals surface area contributed by atoms with Gasteiger partial charge in [-0.1, -0.05) is 0 Å². The second-order valence-electron chi connectivity index (χ2n) is 3.29. The number of carbonyl (C=O) groups excluding carboxylic acids is 1. The summed E-state index contributed by atoms with van der Waals surface area (Å²) in [6.45, 7) is 1.47. The number of nitrogens with one attached hydrogen (secondary N) is 2. The Labute approximate surface area is 72.3 Å². The number of rotatable bonds is 0. The third-order valence-electron chi connectivity index (χ3n) is 2.46. The molecule has 2 N–H and O–H groups in total. The van der Waals surface area contributed by atoms with Crippen LogP contribution in [0.4, 0.5) is 0 Å². The lowest BCUT2D eigenvalue weighted by molar-refractivity contribution is -0.125. The lowest BCUT2D eigenvalue weighted by atomic mass is 9.76. The van der Waals surface area contributed by atoms with Gasteiger partial charge in [0.2, 0.25) is 5.91 Å². The van der Waals surface area contributed by atoms with Crippen LogP contribution in [0.1, 0.15) is 19.3 Å². The molecule has 0 aromatic rings. The van der Waals surface area contributed by atoms with E-state index in [-0.39, 0.29) is 23.9 Å². The van der Waals surface area contributed by atoms with E-state index in [1.165, 1.54) is 6.42 Å². The lowest BCUT2D eigenvalue weighted by Crippen LogP contribution is -2.65. The Morgan fingerprint density at radius 1 is 1.36 bits per heavy atom. The highest BCUT2D eigenvalue weighted by Gasteiger charge is 2.39. The number of hydrogen-bond donors (Lipinski definition) is 2. The van der Waals surface area contributed by atoms with Crippen LogP contribution in [0.3, 0.4) is 0 Å². The third-order valence-corrected chi connectivity index (χ3v) is 2.46. The van der Waals surface area contributed by atoms with E-state index in [0.29, 0.717) is 6.54 Å². The average molecular weight is 177 g/mol. The highest BCUT2D eigenvalue weighted by Crippen LogP contribution is 2.31. The third kappa shape index (κ3) is 1.49. The highest BCUT2D eigenvalue weighted by atomic mass is 35.5. The molecule has 1 heterocycles. The fourth-order valence-corrected chi connectivity index (χ4v) is 1.70. The Bertz CT molecular complexity index is 168. The topological polar surface area (TPSA) is 41.1 Å². The smallest absolute Gasteiger partial charge is 0.234 e. The molecule has 0 radical (unpaired) electrons. The molecule has 0 unspecified atom stereocenters. The van der Waals surface area contributed by atoms with Gasteiger partial charge in [-0.25, -0.2) is 0 Å². The summed E-state index contributed by atoms with van der Waals surface area (Å²) >= 11 is 0. The van der Waals surface area contributed by atoms with Crippen molar-refractivity contribution >= 4 is 18.3 Å². The summed E-state index contributed by atoms with van der Waals surface area (Å²) in [6.07, 6.45) is 3.58. The molecule has 1 saturated carbocycles. The largest absolute Gasteiger partial charge is 0.348 e. The second kappa shape index (κ2) is 2.99. The number of amides is 1. The average Bonchev–Trinajstić information content (AvgIpc) is 1.85. The van der Waals surface area contributed by atoms with E-state index in [2.05, 4.69) is 10.6 Å². The molecule has 1 aliphatic heterocycles. The van der Waals surface area contributed by atoms with Crippen LogP contribution in [0.2, 0.25) is 0 Å². The minimum Gasteiger partial charge on any atom is -0.348 e. The zero-order chi connectivity index (χ0) is 7.03. The van der Waals surface area contributed by atoms with Crippen molar-refractivity contribution in [2.75, 3.05) is 13.1 Å². The fraction of sp³-hybridized carbons (Fsp3) is 0.857.